The summed E-state index contributed by atoms with van der Waals surface area (Å²) in [6, 6.07) is 16.7. The molecule has 0 saturated heterocycles. The van der Waals surface area contributed by atoms with Crippen molar-refractivity contribution in [1.82, 2.24) is 4.98 Å². The van der Waals surface area contributed by atoms with Gasteiger partial charge in [0, 0.05) is 10.9 Å². The molecule has 1 aromatic heterocycles. The predicted molar refractivity (Wildman–Crippen MR) is 119 cm³/mol. The summed E-state index contributed by atoms with van der Waals surface area (Å²) in [7, 11) is 0. The molecular weight excluding hydrogens is 398 g/mol. The zero-order valence-electron chi connectivity index (χ0n) is 16.7. The number of hydrogen-bond donors (Lipinski definition) is 1. The highest BCUT2D eigenvalue weighted by Crippen LogP contribution is 2.32. The molecule has 3 aromatic rings. The lowest BCUT2D eigenvalue weighted by molar-refractivity contribution is -0.112. The van der Waals surface area contributed by atoms with Crippen LogP contribution in [0, 0.1) is 11.3 Å². The number of thiazole rings is 1. The molecule has 7 heteroatoms. The van der Waals surface area contributed by atoms with E-state index in [0.29, 0.717) is 24.0 Å². The van der Waals surface area contributed by atoms with Crippen LogP contribution in [-0.2, 0) is 4.79 Å². The topological polar surface area (TPSA) is 84.2 Å². The van der Waals surface area contributed by atoms with E-state index in [9.17, 15) is 10.1 Å². The van der Waals surface area contributed by atoms with Crippen molar-refractivity contribution in [1.29, 1.82) is 5.26 Å². The molecule has 6 nitrogen and oxygen atoms in total. The third kappa shape index (κ3) is 5.25. The zero-order valence-corrected chi connectivity index (χ0v) is 17.5. The number of nitrogens with one attached hydrogen (secondary N) is 1. The predicted octanol–water partition coefficient (Wildman–Crippen LogP) is 5.15. The Balaban J connectivity index is 1.75. The first-order valence-electron chi connectivity index (χ1n) is 9.48. The van der Waals surface area contributed by atoms with Crippen LogP contribution in [0.15, 0.2) is 59.5 Å². The number of amides is 1. The molecular formula is C23H21N3O3S. The molecule has 0 fully saturated rings. The molecule has 2 aromatic carbocycles. The summed E-state index contributed by atoms with van der Waals surface area (Å²) in [5.74, 6) is 0.960. The summed E-state index contributed by atoms with van der Waals surface area (Å²) in [5, 5.41) is 14.4. The summed E-state index contributed by atoms with van der Waals surface area (Å²) in [6.45, 7) is 4.95. The third-order valence-corrected chi connectivity index (χ3v) is 4.81. The molecule has 0 aliphatic rings. The van der Waals surface area contributed by atoms with E-state index in [2.05, 4.69) is 10.3 Å². The van der Waals surface area contributed by atoms with Crippen LogP contribution in [0.25, 0.3) is 17.3 Å². The van der Waals surface area contributed by atoms with Crippen LogP contribution in [0.3, 0.4) is 0 Å². The maximum atomic E-state index is 12.5. The van der Waals surface area contributed by atoms with E-state index in [-0.39, 0.29) is 5.57 Å². The Morgan fingerprint density at radius 1 is 1.13 bits per heavy atom. The smallest absolute Gasteiger partial charge is 0.268 e. The fourth-order valence-electron chi connectivity index (χ4n) is 2.72. The maximum absolute atomic E-state index is 12.5. The second kappa shape index (κ2) is 10.2. The Morgan fingerprint density at radius 3 is 2.57 bits per heavy atom. The number of rotatable bonds is 8. The van der Waals surface area contributed by atoms with Crippen LogP contribution < -0.4 is 14.8 Å². The van der Waals surface area contributed by atoms with E-state index in [1.165, 1.54) is 17.4 Å². The standard InChI is InChI=1S/C23H21N3O3S/c1-3-28-18-11-9-16(10-12-18)13-17(14-24)22(27)26-23-25-20(15-30-23)19-7-5-6-8-21(19)29-4-2/h5-13,15H,3-4H2,1-2H3,(H,25,26,27)/b17-13+. The molecule has 1 N–H and O–H groups in total. The van der Waals surface area contributed by atoms with E-state index < -0.39 is 5.91 Å². The van der Waals surface area contributed by atoms with Crippen LogP contribution in [0.4, 0.5) is 5.13 Å². The summed E-state index contributed by atoms with van der Waals surface area (Å²) >= 11 is 1.29. The van der Waals surface area contributed by atoms with Crippen LogP contribution in [-0.4, -0.2) is 24.1 Å². The highest BCUT2D eigenvalue weighted by molar-refractivity contribution is 7.14. The largest absolute Gasteiger partial charge is 0.494 e. The fraction of sp³-hybridized carbons (Fsp3) is 0.174. The van der Waals surface area contributed by atoms with Gasteiger partial charge in [-0.25, -0.2) is 4.98 Å². The van der Waals surface area contributed by atoms with E-state index in [1.54, 1.807) is 24.3 Å². The van der Waals surface area contributed by atoms with Gasteiger partial charge in [0.25, 0.3) is 5.91 Å². The van der Waals surface area contributed by atoms with Crippen molar-refractivity contribution < 1.29 is 14.3 Å². The normalized spacial score (nSPS) is 10.9. The van der Waals surface area contributed by atoms with Gasteiger partial charge in [0.1, 0.15) is 23.1 Å². The Bertz CT molecular complexity index is 1080. The highest BCUT2D eigenvalue weighted by atomic mass is 32.1. The molecule has 30 heavy (non-hydrogen) atoms. The fourth-order valence-corrected chi connectivity index (χ4v) is 3.43. The van der Waals surface area contributed by atoms with E-state index in [1.807, 2.05) is 49.6 Å². The monoisotopic (exact) mass is 419 g/mol. The van der Waals surface area contributed by atoms with Gasteiger partial charge in [-0.2, -0.15) is 5.26 Å². The number of nitriles is 1. The zero-order chi connectivity index (χ0) is 21.3. The summed E-state index contributed by atoms with van der Waals surface area (Å²) in [6.07, 6.45) is 1.53. The second-order valence-electron chi connectivity index (χ2n) is 6.09. The van der Waals surface area contributed by atoms with Gasteiger partial charge in [-0.3, -0.25) is 10.1 Å². The molecule has 0 bridgehead atoms. The maximum Gasteiger partial charge on any atom is 0.268 e. The number of anilines is 1. The van der Waals surface area contributed by atoms with Crippen molar-refractivity contribution in [2.75, 3.05) is 18.5 Å². The molecule has 0 aliphatic heterocycles. The lowest BCUT2D eigenvalue weighted by Crippen LogP contribution is -2.13. The number of hydrogen-bond acceptors (Lipinski definition) is 6. The molecule has 0 unspecified atom stereocenters. The Hall–Kier alpha value is -3.63. The lowest BCUT2D eigenvalue weighted by atomic mass is 10.1. The van der Waals surface area contributed by atoms with Crippen LogP contribution in [0.2, 0.25) is 0 Å². The number of nitrogens with zero attached hydrogens (tertiary/aromatic N) is 2. The van der Waals surface area contributed by atoms with Crippen molar-refractivity contribution in [3.63, 3.8) is 0 Å². The van der Waals surface area contributed by atoms with Crippen LogP contribution in [0.5, 0.6) is 11.5 Å². The lowest BCUT2D eigenvalue weighted by Gasteiger charge is -2.07. The highest BCUT2D eigenvalue weighted by Gasteiger charge is 2.14. The van der Waals surface area contributed by atoms with Gasteiger partial charge in [-0.1, -0.05) is 24.3 Å². The first-order valence-corrected chi connectivity index (χ1v) is 10.4. The summed E-state index contributed by atoms with van der Waals surface area (Å²) < 4.78 is 11.0. The van der Waals surface area contributed by atoms with Crippen molar-refractivity contribution in [3.05, 3.63) is 65.0 Å². The molecule has 0 radical (unpaired) electrons. The van der Waals surface area contributed by atoms with E-state index in [4.69, 9.17) is 9.47 Å². The second-order valence-corrected chi connectivity index (χ2v) is 6.95. The van der Waals surface area contributed by atoms with Gasteiger partial charge in [0.05, 0.1) is 18.9 Å². The van der Waals surface area contributed by atoms with Gasteiger partial charge in [-0.05, 0) is 49.8 Å². The third-order valence-electron chi connectivity index (χ3n) is 4.05. The SMILES string of the molecule is CCOc1ccc(/C=C(\C#N)C(=O)Nc2nc(-c3ccccc3OCC)cs2)cc1. The number of carbonyl (C=O) groups excluding carboxylic acids is 1. The van der Waals surface area contributed by atoms with Crippen molar-refractivity contribution in [2.24, 2.45) is 0 Å². The Kier molecular flexibility index (Phi) is 7.19. The van der Waals surface area contributed by atoms with Gasteiger partial charge >= 0.3 is 0 Å². The minimum Gasteiger partial charge on any atom is -0.494 e. The number of benzene rings is 2. The quantitative estimate of drug-likeness (QED) is 0.403. The van der Waals surface area contributed by atoms with Crippen molar-refractivity contribution in [3.8, 4) is 28.8 Å². The molecule has 0 saturated carbocycles. The first-order chi connectivity index (χ1) is 14.6. The Morgan fingerprint density at radius 2 is 1.87 bits per heavy atom. The average molecular weight is 420 g/mol. The number of carbonyl (C=O) groups is 1. The van der Waals surface area contributed by atoms with Crippen LogP contribution >= 0.6 is 11.3 Å². The first kappa shape index (κ1) is 21.1. The average Bonchev–Trinajstić information content (AvgIpc) is 3.22. The number of para-hydroxylation sites is 1. The molecule has 1 heterocycles. The van der Waals surface area contributed by atoms with E-state index >= 15 is 0 Å². The van der Waals surface area contributed by atoms with Gasteiger partial charge in [0.15, 0.2) is 5.13 Å². The minimum absolute atomic E-state index is 0.00868. The number of ether oxygens (including phenoxy) is 2. The summed E-state index contributed by atoms with van der Waals surface area (Å²) in [4.78, 5) is 17.0. The van der Waals surface area contributed by atoms with E-state index in [0.717, 1.165) is 22.6 Å². The molecule has 0 aliphatic carbocycles. The molecule has 0 atom stereocenters. The van der Waals surface area contributed by atoms with Crippen molar-refractivity contribution >= 4 is 28.5 Å². The minimum atomic E-state index is -0.509. The van der Waals surface area contributed by atoms with Crippen molar-refractivity contribution in [2.45, 2.75) is 13.8 Å². The van der Waals surface area contributed by atoms with Gasteiger partial charge < -0.3 is 9.47 Å². The summed E-state index contributed by atoms with van der Waals surface area (Å²) in [5.41, 5.74) is 2.27. The molecule has 0 spiro atoms. The molecule has 152 valence electrons. The molecule has 1 amide bonds. The van der Waals surface area contributed by atoms with Gasteiger partial charge in [-0.15, -0.1) is 11.3 Å². The molecule has 3 rings (SSSR count). The Labute approximate surface area is 179 Å². The van der Waals surface area contributed by atoms with Gasteiger partial charge in [0.2, 0.25) is 0 Å². The number of aromatic nitrogens is 1. The van der Waals surface area contributed by atoms with Crippen LogP contribution in [0.1, 0.15) is 19.4 Å².